The van der Waals surface area contributed by atoms with E-state index in [4.69, 9.17) is 4.74 Å². The number of ether oxygens (including phenoxy) is 1. The number of aryl methyl sites for hydroxylation is 1. The first-order valence-electron chi connectivity index (χ1n) is 7.86. The van der Waals surface area contributed by atoms with E-state index in [-0.39, 0.29) is 17.4 Å². The van der Waals surface area contributed by atoms with E-state index in [1.54, 1.807) is 16.8 Å². The van der Waals surface area contributed by atoms with Gasteiger partial charge in [-0.25, -0.2) is 0 Å². The van der Waals surface area contributed by atoms with Gasteiger partial charge in [0.15, 0.2) is 0 Å². The van der Waals surface area contributed by atoms with Crippen molar-refractivity contribution in [1.82, 2.24) is 9.88 Å². The van der Waals surface area contributed by atoms with Gasteiger partial charge in [0.25, 0.3) is 11.5 Å². The third kappa shape index (κ3) is 3.44. The van der Waals surface area contributed by atoms with Gasteiger partial charge in [-0.2, -0.15) is 0 Å². The molecule has 0 bridgehead atoms. The van der Waals surface area contributed by atoms with Crippen molar-refractivity contribution in [1.29, 1.82) is 0 Å². The van der Waals surface area contributed by atoms with Crippen LogP contribution in [0.3, 0.4) is 0 Å². The van der Waals surface area contributed by atoms with E-state index in [9.17, 15) is 9.59 Å². The van der Waals surface area contributed by atoms with Crippen molar-refractivity contribution in [3.63, 3.8) is 0 Å². The first kappa shape index (κ1) is 15.3. The highest BCUT2D eigenvalue weighted by Crippen LogP contribution is 2.26. The molecule has 0 radical (unpaired) electrons. The van der Waals surface area contributed by atoms with E-state index in [0.717, 1.165) is 12.2 Å². The zero-order valence-electron chi connectivity index (χ0n) is 13.1. The molecule has 1 aromatic carbocycles. The van der Waals surface area contributed by atoms with Gasteiger partial charge >= 0.3 is 0 Å². The summed E-state index contributed by atoms with van der Waals surface area (Å²) in [6, 6.07) is 11.0. The fraction of sp³-hybridized carbons (Fsp3) is 0.333. The Morgan fingerprint density at radius 1 is 1.35 bits per heavy atom. The Bertz CT molecular complexity index is 767. The van der Waals surface area contributed by atoms with Crippen LogP contribution in [0, 0.1) is 5.92 Å². The fourth-order valence-corrected chi connectivity index (χ4v) is 2.77. The smallest absolute Gasteiger partial charge is 0.251 e. The lowest BCUT2D eigenvalue weighted by Crippen LogP contribution is -2.35. The molecule has 1 aromatic heterocycles. The van der Waals surface area contributed by atoms with Crippen molar-refractivity contribution >= 4 is 5.91 Å². The SMILES string of the molecule is CCn1ccc(C(=O)NC[C@H]2COc3ccccc3C2)cc1=O. The molecule has 2 heterocycles. The van der Waals surface area contributed by atoms with Gasteiger partial charge in [0, 0.05) is 36.8 Å². The number of benzene rings is 1. The number of fused-ring (bicyclic) bond motifs is 1. The number of nitrogens with zero attached hydrogens (tertiary/aromatic N) is 1. The Balaban J connectivity index is 1.60. The Morgan fingerprint density at radius 3 is 2.96 bits per heavy atom. The topological polar surface area (TPSA) is 60.3 Å². The molecule has 120 valence electrons. The molecule has 0 aliphatic carbocycles. The molecule has 2 aromatic rings. The molecule has 0 fully saturated rings. The van der Waals surface area contributed by atoms with Crippen LogP contribution in [0.4, 0.5) is 0 Å². The molecule has 1 aliphatic rings. The van der Waals surface area contributed by atoms with Crippen molar-refractivity contribution < 1.29 is 9.53 Å². The Morgan fingerprint density at radius 2 is 2.17 bits per heavy atom. The lowest BCUT2D eigenvalue weighted by Gasteiger charge is -2.25. The molecule has 5 nitrogen and oxygen atoms in total. The Labute approximate surface area is 134 Å². The Kier molecular flexibility index (Phi) is 4.46. The second-order valence-corrected chi connectivity index (χ2v) is 5.74. The lowest BCUT2D eigenvalue weighted by molar-refractivity contribution is 0.0938. The monoisotopic (exact) mass is 312 g/mol. The van der Waals surface area contributed by atoms with Crippen LogP contribution < -0.4 is 15.6 Å². The number of para-hydroxylation sites is 1. The molecule has 1 amide bonds. The zero-order valence-corrected chi connectivity index (χ0v) is 13.1. The van der Waals surface area contributed by atoms with Gasteiger partial charge in [-0.1, -0.05) is 18.2 Å². The highest BCUT2D eigenvalue weighted by atomic mass is 16.5. The molecule has 23 heavy (non-hydrogen) atoms. The van der Waals surface area contributed by atoms with Gasteiger partial charge in [-0.3, -0.25) is 9.59 Å². The number of nitrogens with one attached hydrogen (secondary N) is 1. The number of pyridine rings is 1. The number of hydrogen-bond acceptors (Lipinski definition) is 3. The first-order valence-corrected chi connectivity index (χ1v) is 7.86. The summed E-state index contributed by atoms with van der Waals surface area (Å²) in [6.45, 7) is 3.61. The number of hydrogen-bond donors (Lipinski definition) is 1. The maximum absolute atomic E-state index is 12.2. The standard InChI is InChI=1S/C18H20N2O3/c1-2-20-8-7-15(10-17(20)21)18(22)19-11-13-9-14-5-3-4-6-16(14)23-12-13/h3-8,10,13H,2,9,11-12H2,1H3,(H,19,22)/t13-/m0/s1. The van der Waals surface area contributed by atoms with E-state index in [2.05, 4.69) is 5.32 Å². The maximum Gasteiger partial charge on any atom is 0.251 e. The largest absolute Gasteiger partial charge is 0.493 e. The third-order valence-electron chi connectivity index (χ3n) is 4.11. The van der Waals surface area contributed by atoms with Gasteiger partial charge in [-0.15, -0.1) is 0 Å². The average Bonchev–Trinajstić information content (AvgIpc) is 2.59. The highest BCUT2D eigenvalue weighted by Gasteiger charge is 2.20. The van der Waals surface area contributed by atoms with Crippen molar-refractivity contribution in [2.24, 2.45) is 5.92 Å². The number of amides is 1. The third-order valence-corrected chi connectivity index (χ3v) is 4.11. The van der Waals surface area contributed by atoms with Crippen LogP contribution in [0.15, 0.2) is 47.4 Å². The van der Waals surface area contributed by atoms with E-state index < -0.39 is 0 Å². The average molecular weight is 312 g/mol. The van der Waals surface area contributed by atoms with Crippen LogP contribution in [-0.4, -0.2) is 23.6 Å². The minimum absolute atomic E-state index is 0.157. The van der Waals surface area contributed by atoms with Crippen LogP contribution in [0.1, 0.15) is 22.8 Å². The van der Waals surface area contributed by atoms with Crippen molar-refractivity contribution in [3.05, 3.63) is 64.1 Å². The minimum Gasteiger partial charge on any atom is -0.493 e. The van der Waals surface area contributed by atoms with Crippen LogP contribution in [0.2, 0.25) is 0 Å². The molecule has 1 aliphatic heterocycles. The van der Waals surface area contributed by atoms with Crippen LogP contribution >= 0.6 is 0 Å². The van der Waals surface area contributed by atoms with Gasteiger partial charge in [-0.05, 0) is 31.0 Å². The van der Waals surface area contributed by atoms with Crippen LogP contribution in [-0.2, 0) is 13.0 Å². The quantitative estimate of drug-likeness (QED) is 0.937. The van der Waals surface area contributed by atoms with Gasteiger partial charge in [0.2, 0.25) is 0 Å². The normalized spacial score (nSPS) is 16.3. The zero-order chi connectivity index (χ0) is 16.2. The molecule has 0 spiro atoms. The summed E-state index contributed by atoms with van der Waals surface area (Å²) in [6.07, 6.45) is 2.53. The number of rotatable bonds is 4. The van der Waals surface area contributed by atoms with Gasteiger partial charge in [0.1, 0.15) is 5.75 Å². The summed E-state index contributed by atoms with van der Waals surface area (Å²) >= 11 is 0. The predicted octanol–water partition coefficient (Wildman–Crippen LogP) is 1.85. The van der Waals surface area contributed by atoms with Gasteiger partial charge < -0.3 is 14.6 Å². The molecule has 0 saturated carbocycles. The second-order valence-electron chi connectivity index (χ2n) is 5.74. The number of carbonyl (C=O) groups excluding carboxylic acids is 1. The van der Waals surface area contributed by atoms with E-state index in [1.807, 2.05) is 31.2 Å². The maximum atomic E-state index is 12.2. The molecular weight excluding hydrogens is 292 g/mol. The van der Waals surface area contributed by atoms with Crippen molar-refractivity contribution in [2.75, 3.05) is 13.2 Å². The molecule has 3 rings (SSSR count). The molecule has 5 heteroatoms. The minimum atomic E-state index is -0.218. The molecule has 1 N–H and O–H groups in total. The number of carbonyl (C=O) groups is 1. The van der Waals surface area contributed by atoms with E-state index in [0.29, 0.717) is 25.3 Å². The second kappa shape index (κ2) is 6.69. The van der Waals surface area contributed by atoms with Crippen molar-refractivity contribution in [2.45, 2.75) is 19.9 Å². The summed E-state index contributed by atoms with van der Waals surface area (Å²) in [7, 11) is 0. The summed E-state index contributed by atoms with van der Waals surface area (Å²) in [4.78, 5) is 24.0. The summed E-state index contributed by atoms with van der Waals surface area (Å²) in [5.41, 5.74) is 1.41. The summed E-state index contributed by atoms with van der Waals surface area (Å²) < 4.78 is 7.28. The first-order chi connectivity index (χ1) is 11.2. The molecule has 0 unspecified atom stereocenters. The molecule has 1 atom stereocenters. The predicted molar refractivity (Wildman–Crippen MR) is 87.8 cm³/mol. The van der Waals surface area contributed by atoms with Crippen LogP contribution in [0.5, 0.6) is 5.75 Å². The van der Waals surface area contributed by atoms with Gasteiger partial charge in [0.05, 0.1) is 6.61 Å². The summed E-state index contributed by atoms with van der Waals surface area (Å²) in [5.74, 6) is 0.951. The highest BCUT2D eigenvalue weighted by molar-refractivity contribution is 5.93. The van der Waals surface area contributed by atoms with E-state index >= 15 is 0 Å². The van der Waals surface area contributed by atoms with E-state index in [1.165, 1.54) is 11.6 Å². The lowest BCUT2D eigenvalue weighted by atomic mass is 9.96. The summed E-state index contributed by atoms with van der Waals surface area (Å²) in [5, 5.41) is 2.90. The molecular formula is C18H20N2O3. The fourth-order valence-electron chi connectivity index (χ4n) is 2.77. The van der Waals surface area contributed by atoms with Crippen molar-refractivity contribution in [3.8, 4) is 5.75 Å². The Hall–Kier alpha value is -2.56. The molecule has 0 saturated heterocycles. The van der Waals surface area contributed by atoms with Crippen LogP contribution in [0.25, 0.3) is 0 Å². The number of aromatic nitrogens is 1.